The zero-order valence-corrected chi connectivity index (χ0v) is 13.6. The van der Waals surface area contributed by atoms with E-state index in [9.17, 15) is 4.79 Å². The summed E-state index contributed by atoms with van der Waals surface area (Å²) in [6, 6.07) is 7.78. The molecule has 24 heavy (non-hydrogen) atoms. The van der Waals surface area contributed by atoms with E-state index in [0.29, 0.717) is 18.8 Å². The molecule has 1 fully saturated rings. The van der Waals surface area contributed by atoms with Crippen molar-refractivity contribution in [2.24, 2.45) is 0 Å². The number of aromatic nitrogens is 3. The molecule has 3 aromatic rings. The molecular formula is C18H19N5O. The van der Waals surface area contributed by atoms with Crippen LogP contribution in [0.2, 0.25) is 0 Å². The number of piperazine rings is 1. The SMILES string of the molecule is Cc1ccncc1N1CCN(C(=O)c2cc3cccn3cn2)CC1. The van der Waals surface area contributed by atoms with Crippen LogP contribution in [0.1, 0.15) is 16.1 Å². The monoisotopic (exact) mass is 321 g/mol. The Kier molecular flexibility index (Phi) is 3.65. The van der Waals surface area contributed by atoms with E-state index < -0.39 is 0 Å². The van der Waals surface area contributed by atoms with Gasteiger partial charge in [-0.1, -0.05) is 0 Å². The van der Waals surface area contributed by atoms with Crippen molar-refractivity contribution < 1.29 is 4.79 Å². The third-order valence-corrected chi connectivity index (χ3v) is 4.56. The second kappa shape index (κ2) is 5.96. The molecule has 4 heterocycles. The van der Waals surface area contributed by atoms with Crippen molar-refractivity contribution in [2.75, 3.05) is 31.1 Å². The van der Waals surface area contributed by atoms with Crippen LogP contribution in [-0.4, -0.2) is 51.4 Å². The van der Waals surface area contributed by atoms with E-state index in [-0.39, 0.29) is 5.91 Å². The molecule has 1 saturated heterocycles. The lowest BCUT2D eigenvalue weighted by Crippen LogP contribution is -2.49. The first kappa shape index (κ1) is 14.7. The summed E-state index contributed by atoms with van der Waals surface area (Å²) in [4.78, 5) is 25.4. The first-order valence-corrected chi connectivity index (χ1v) is 8.10. The number of nitrogens with zero attached hydrogens (tertiary/aromatic N) is 5. The molecule has 3 aromatic heterocycles. The predicted molar refractivity (Wildman–Crippen MR) is 92.3 cm³/mol. The molecule has 4 rings (SSSR count). The first-order valence-electron chi connectivity index (χ1n) is 8.10. The van der Waals surface area contributed by atoms with Crippen molar-refractivity contribution in [2.45, 2.75) is 6.92 Å². The number of amides is 1. The van der Waals surface area contributed by atoms with Gasteiger partial charge in [0.2, 0.25) is 0 Å². The van der Waals surface area contributed by atoms with Gasteiger partial charge in [-0.2, -0.15) is 0 Å². The van der Waals surface area contributed by atoms with Gasteiger partial charge in [0.15, 0.2) is 0 Å². The van der Waals surface area contributed by atoms with Crippen LogP contribution in [0.15, 0.2) is 49.2 Å². The van der Waals surface area contributed by atoms with E-state index in [4.69, 9.17) is 0 Å². The fourth-order valence-corrected chi connectivity index (χ4v) is 3.15. The Morgan fingerprint density at radius 2 is 2.00 bits per heavy atom. The summed E-state index contributed by atoms with van der Waals surface area (Å²) in [6.45, 7) is 5.10. The Hall–Kier alpha value is -2.89. The van der Waals surface area contributed by atoms with E-state index >= 15 is 0 Å². The minimum absolute atomic E-state index is 0.00117. The Balaban J connectivity index is 1.47. The Bertz CT molecular complexity index is 880. The molecule has 6 heteroatoms. The Morgan fingerprint density at radius 3 is 2.79 bits per heavy atom. The highest BCUT2D eigenvalue weighted by molar-refractivity contribution is 5.93. The smallest absolute Gasteiger partial charge is 0.272 e. The number of fused-ring (bicyclic) bond motifs is 1. The summed E-state index contributed by atoms with van der Waals surface area (Å²) in [5, 5.41) is 0. The predicted octanol–water partition coefficient (Wildman–Crippen LogP) is 2.00. The average Bonchev–Trinajstić information content (AvgIpc) is 3.09. The van der Waals surface area contributed by atoms with Gasteiger partial charge in [0, 0.05) is 44.1 Å². The maximum atomic E-state index is 12.7. The van der Waals surface area contributed by atoms with Gasteiger partial charge < -0.3 is 14.2 Å². The van der Waals surface area contributed by atoms with Crippen LogP contribution in [-0.2, 0) is 0 Å². The molecule has 0 aliphatic carbocycles. The maximum absolute atomic E-state index is 12.7. The number of hydrogen-bond acceptors (Lipinski definition) is 4. The van der Waals surface area contributed by atoms with Gasteiger partial charge in [0.05, 0.1) is 18.2 Å². The number of carbonyl (C=O) groups excluding carboxylic acids is 1. The van der Waals surface area contributed by atoms with Crippen LogP contribution in [0.4, 0.5) is 5.69 Å². The third kappa shape index (κ3) is 2.60. The highest BCUT2D eigenvalue weighted by Gasteiger charge is 2.24. The van der Waals surface area contributed by atoms with Crippen LogP contribution in [0.3, 0.4) is 0 Å². The quantitative estimate of drug-likeness (QED) is 0.724. The lowest BCUT2D eigenvalue weighted by molar-refractivity contribution is 0.0741. The lowest BCUT2D eigenvalue weighted by Gasteiger charge is -2.36. The molecule has 0 atom stereocenters. The second-order valence-corrected chi connectivity index (χ2v) is 6.06. The van der Waals surface area contributed by atoms with Crippen molar-refractivity contribution in [1.82, 2.24) is 19.3 Å². The van der Waals surface area contributed by atoms with Crippen molar-refractivity contribution in [3.63, 3.8) is 0 Å². The normalized spacial score (nSPS) is 15.0. The van der Waals surface area contributed by atoms with Gasteiger partial charge in [-0.05, 0) is 36.8 Å². The summed E-state index contributed by atoms with van der Waals surface area (Å²) >= 11 is 0. The molecular weight excluding hydrogens is 302 g/mol. The van der Waals surface area contributed by atoms with Crippen molar-refractivity contribution >= 4 is 17.1 Å². The fourth-order valence-electron chi connectivity index (χ4n) is 3.15. The highest BCUT2D eigenvalue weighted by Crippen LogP contribution is 2.20. The van der Waals surface area contributed by atoms with Crippen molar-refractivity contribution in [3.05, 3.63) is 60.4 Å². The van der Waals surface area contributed by atoms with Crippen LogP contribution < -0.4 is 4.90 Å². The molecule has 122 valence electrons. The zero-order valence-electron chi connectivity index (χ0n) is 13.6. The maximum Gasteiger partial charge on any atom is 0.272 e. The number of carbonyl (C=O) groups is 1. The summed E-state index contributed by atoms with van der Waals surface area (Å²) in [6.07, 6.45) is 7.32. The van der Waals surface area contributed by atoms with Crippen molar-refractivity contribution in [3.8, 4) is 0 Å². The van der Waals surface area contributed by atoms with Gasteiger partial charge in [-0.25, -0.2) is 4.98 Å². The average molecular weight is 321 g/mol. The van der Waals surface area contributed by atoms with Gasteiger partial charge in [0.1, 0.15) is 5.69 Å². The largest absolute Gasteiger partial charge is 0.367 e. The summed E-state index contributed by atoms with van der Waals surface area (Å²) in [5.41, 5.74) is 3.85. The van der Waals surface area contributed by atoms with E-state index in [1.165, 1.54) is 5.56 Å². The molecule has 0 radical (unpaired) electrons. The molecule has 0 N–H and O–H groups in total. The zero-order chi connectivity index (χ0) is 16.5. The molecule has 6 nitrogen and oxygen atoms in total. The molecule has 0 spiro atoms. The molecule has 0 unspecified atom stereocenters. The molecule has 0 aromatic carbocycles. The first-order chi connectivity index (χ1) is 11.7. The van der Waals surface area contributed by atoms with Crippen LogP contribution >= 0.6 is 0 Å². The molecule has 0 saturated carbocycles. The van der Waals surface area contributed by atoms with E-state index in [0.717, 1.165) is 24.3 Å². The van der Waals surface area contributed by atoms with Gasteiger partial charge in [0.25, 0.3) is 5.91 Å². The van der Waals surface area contributed by atoms with Gasteiger partial charge >= 0.3 is 0 Å². The Labute approximate surface area is 140 Å². The molecule has 1 amide bonds. The Morgan fingerprint density at radius 1 is 1.17 bits per heavy atom. The summed E-state index contributed by atoms with van der Waals surface area (Å²) < 4.78 is 1.90. The van der Waals surface area contributed by atoms with E-state index in [1.807, 2.05) is 52.2 Å². The number of anilines is 1. The summed E-state index contributed by atoms with van der Waals surface area (Å²) in [5.74, 6) is 0.00117. The van der Waals surface area contributed by atoms with Gasteiger partial charge in [-0.3, -0.25) is 9.78 Å². The van der Waals surface area contributed by atoms with Crippen LogP contribution in [0.5, 0.6) is 0 Å². The molecule has 1 aliphatic heterocycles. The third-order valence-electron chi connectivity index (χ3n) is 4.56. The lowest BCUT2D eigenvalue weighted by atomic mass is 10.2. The fraction of sp³-hybridized carbons (Fsp3) is 0.278. The van der Waals surface area contributed by atoms with E-state index in [1.54, 1.807) is 6.33 Å². The summed E-state index contributed by atoms with van der Waals surface area (Å²) in [7, 11) is 0. The minimum atomic E-state index is 0.00117. The standard InChI is InChI=1S/C18H19N5O/c1-14-4-5-19-12-17(14)21-7-9-22(10-8-21)18(24)16-11-15-3-2-6-23(15)13-20-16/h2-6,11-13H,7-10H2,1H3. The molecule has 0 bridgehead atoms. The van der Waals surface area contributed by atoms with Crippen LogP contribution in [0, 0.1) is 6.92 Å². The highest BCUT2D eigenvalue weighted by atomic mass is 16.2. The van der Waals surface area contributed by atoms with E-state index in [2.05, 4.69) is 21.8 Å². The topological polar surface area (TPSA) is 53.7 Å². The van der Waals surface area contributed by atoms with Crippen molar-refractivity contribution in [1.29, 1.82) is 0 Å². The molecule has 1 aliphatic rings. The van der Waals surface area contributed by atoms with Crippen LogP contribution in [0.25, 0.3) is 5.52 Å². The second-order valence-electron chi connectivity index (χ2n) is 6.06. The number of hydrogen-bond donors (Lipinski definition) is 0. The number of rotatable bonds is 2. The van der Waals surface area contributed by atoms with Gasteiger partial charge in [-0.15, -0.1) is 0 Å². The number of aryl methyl sites for hydroxylation is 1. The number of pyridine rings is 1. The minimum Gasteiger partial charge on any atom is -0.367 e.